The minimum Gasteiger partial charge on any atom is -0.336 e. The summed E-state index contributed by atoms with van der Waals surface area (Å²) in [4.78, 5) is 26.9. The van der Waals surface area contributed by atoms with Crippen LogP contribution in [0.3, 0.4) is 0 Å². The summed E-state index contributed by atoms with van der Waals surface area (Å²) in [5.74, 6) is -0.642. The number of amides is 3. The van der Waals surface area contributed by atoms with Gasteiger partial charge >= 0.3 is 6.03 Å². The van der Waals surface area contributed by atoms with E-state index in [0.717, 1.165) is 17.5 Å². The summed E-state index contributed by atoms with van der Waals surface area (Å²) >= 11 is 0. The van der Waals surface area contributed by atoms with Crippen molar-refractivity contribution in [3.05, 3.63) is 71.3 Å². The molecule has 3 N–H and O–H groups in total. The minimum absolute atomic E-state index is 0.0777. The van der Waals surface area contributed by atoms with E-state index in [1.165, 1.54) is 0 Å². The van der Waals surface area contributed by atoms with Crippen LogP contribution in [0.2, 0.25) is 0 Å². The summed E-state index contributed by atoms with van der Waals surface area (Å²) in [6, 6.07) is 16.3. The quantitative estimate of drug-likeness (QED) is 0.429. The number of benzene rings is 2. The second-order valence-corrected chi connectivity index (χ2v) is 5.60. The first-order valence-corrected chi connectivity index (χ1v) is 8.00. The van der Waals surface area contributed by atoms with Crippen LogP contribution in [0.15, 0.2) is 59.6 Å². The van der Waals surface area contributed by atoms with Crippen LogP contribution in [0.25, 0.3) is 0 Å². The molecule has 0 aromatic heterocycles. The van der Waals surface area contributed by atoms with Crippen molar-refractivity contribution in [1.29, 1.82) is 0 Å². The normalized spacial score (nSPS) is 11.9. The predicted molar refractivity (Wildman–Crippen MR) is 96.1 cm³/mol. The van der Waals surface area contributed by atoms with Crippen LogP contribution in [0.1, 0.15) is 34.3 Å². The van der Waals surface area contributed by atoms with Gasteiger partial charge in [-0.1, -0.05) is 49.4 Å². The highest BCUT2D eigenvalue weighted by Crippen LogP contribution is 2.14. The second-order valence-electron chi connectivity index (χ2n) is 5.60. The van der Waals surface area contributed by atoms with Gasteiger partial charge in [0, 0.05) is 24.2 Å². The van der Waals surface area contributed by atoms with Gasteiger partial charge in [0.05, 0.1) is 0 Å². The fraction of sp³-hybridized carbons (Fsp3) is 0.211. The zero-order chi connectivity index (χ0) is 18.1. The number of aliphatic imine (C=N–C) groups is 1. The number of nitrogens with zero attached hydrogens (tertiary/aromatic N) is 1. The zero-order valence-corrected chi connectivity index (χ0v) is 14.0. The first-order chi connectivity index (χ1) is 12.1. The monoisotopic (exact) mass is 339 g/mol. The van der Waals surface area contributed by atoms with Gasteiger partial charge in [-0.05, 0) is 29.7 Å². The molecule has 0 aliphatic heterocycles. The third kappa shape index (κ3) is 5.86. The van der Waals surface area contributed by atoms with E-state index in [4.69, 9.17) is 5.21 Å². The Morgan fingerprint density at radius 1 is 1.12 bits per heavy atom. The zero-order valence-electron chi connectivity index (χ0n) is 14.0. The summed E-state index contributed by atoms with van der Waals surface area (Å²) in [6.07, 6.45) is 2.32. The summed E-state index contributed by atoms with van der Waals surface area (Å²) in [5, 5.41) is 11.3. The molecule has 0 saturated heterocycles. The number of hydroxylamine groups is 1. The molecular weight excluding hydrogens is 318 g/mol. The lowest BCUT2D eigenvalue weighted by Gasteiger charge is -2.07. The van der Waals surface area contributed by atoms with Gasteiger partial charge in [-0.25, -0.2) is 15.3 Å². The molecule has 6 heteroatoms. The van der Waals surface area contributed by atoms with Crippen molar-refractivity contribution in [2.75, 3.05) is 6.54 Å². The number of nitrogens with one attached hydrogen (secondary N) is 2. The Balaban J connectivity index is 1.81. The number of hydrogen-bond acceptors (Lipinski definition) is 3. The molecule has 0 saturated carbocycles. The molecule has 1 unspecified atom stereocenters. The molecule has 0 heterocycles. The van der Waals surface area contributed by atoms with Gasteiger partial charge < -0.3 is 5.32 Å². The van der Waals surface area contributed by atoms with E-state index < -0.39 is 5.91 Å². The van der Waals surface area contributed by atoms with Crippen molar-refractivity contribution in [3.8, 4) is 0 Å². The average Bonchev–Trinajstić information content (AvgIpc) is 2.66. The summed E-state index contributed by atoms with van der Waals surface area (Å²) in [6.45, 7) is 2.43. The molecular formula is C19H21N3O3. The lowest BCUT2D eigenvalue weighted by molar-refractivity contribution is 0.0706. The van der Waals surface area contributed by atoms with Gasteiger partial charge in [-0.3, -0.25) is 10.0 Å². The second kappa shape index (κ2) is 9.34. The van der Waals surface area contributed by atoms with Gasteiger partial charge in [-0.15, -0.1) is 0 Å². The van der Waals surface area contributed by atoms with Crippen LogP contribution in [0.4, 0.5) is 4.79 Å². The Hall–Kier alpha value is -2.99. The Morgan fingerprint density at radius 2 is 1.80 bits per heavy atom. The first kappa shape index (κ1) is 18.4. The Bertz CT molecular complexity index is 727. The number of rotatable bonds is 6. The minimum atomic E-state index is -0.564. The number of carbonyl (C=O) groups excluding carboxylic acids is 2. The molecule has 6 nitrogen and oxygen atoms in total. The van der Waals surface area contributed by atoms with Crippen LogP contribution in [0.5, 0.6) is 0 Å². The SMILES string of the molecule is CC(/C=N\C(=O)NCCc1ccccc1)c1ccc(C(=O)NO)cc1. The van der Waals surface area contributed by atoms with E-state index >= 15 is 0 Å². The highest BCUT2D eigenvalue weighted by atomic mass is 16.5. The standard InChI is InChI=1S/C19H21N3O3/c1-14(16-7-9-17(10-8-16)18(23)22-25)13-21-19(24)20-12-11-15-5-3-2-4-6-15/h2-10,13-14,25H,11-12H2,1H3,(H,20,24)(H,22,23)/b21-13-. The third-order valence-corrected chi connectivity index (χ3v) is 3.75. The van der Waals surface area contributed by atoms with Crippen molar-refractivity contribution < 1.29 is 14.8 Å². The lowest BCUT2D eigenvalue weighted by atomic mass is 10.0. The van der Waals surface area contributed by atoms with Crippen molar-refractivity contribution in [1.82, 2.24) is 10.8 Å². The Labute approximate surface area is 146 Å². The number of hydrogen-bond donors (Lipinski definition) is 3. The molecule has 0 bridgehead atoms. The molecule has 2 rings (SSSR count). The Kier molecular flexibility index (Phi) is 6.86. The molecule has 0 aliphatic carbocycles. The van der Waals surface area contributed by atoms with Gasteiger partial charge in [-0.2, -0.15) is 0 Å². The van der Waals surface area contributed by atoms with E-state index in [0.29, 0.717) is 12.1 Å². The molecule has 1 atom stereocenters. The van der Waals surface area contributed by atoms with Crippen LogP contribution in [0, 0.1) is 0 Å². The van der Waals surface area contributed by atoms with Crippen molar-refractivity contribution in [2.24, 2.45) is 4.99 Å². The molecule has 2 aromatic carbocycles. The first-order valence-electron chi connectivity index (χ1n) is 8.00. The van der Waals surface area contributed by atoms with Crippen LogP contribution >= 0.6 is 0 Å². The summed E-state index contributed by atoms with van der Waals surface area (Å²) in [5.41, 5.74) is 4.01. The molecule has 0 aliphatic rings. The highest BCUT2D eigenvalue weighted by molar-refractivity contribution is 5.93. The molecule has 130 valence electrons. The predicted octanol–water partition coefficient (Wildman–Crippen LogP) is 2.93. The largest absolute Gasteiger partial charge is 0.340 e. The smallest absolute Gasteiger partial charge is 0.336 e. The fourth-order valence-electron chi connectivity index (χ4n) is 2.27. The molecule has 3 amide bonds. The average molecular weight is 339 g/mol. The summed E-state index contributed by atoms with van der Waals surface area (Å²) < 4.78 is 0. The van der Waals surface area contributed by atoms with Crippen LogP contribution < -0.4 is 10.8 Å². The van der Waals surface area contributed by atoms with Crippen molar-refractivity contribution >= 4 is 18.2 Å². The number of carbonyl (C=O) groups is 2. The van der Waals surface area contributed by atoms with Crippen LogP contribution in [-0.2, 0) is 6.42 Å². The molecule has 0 spiro atoms. The Morgan fingerprint density at radius 3 is 2.44 bits per heavy atom. The van der Waals surface area contributed by atoms with E-state index in [-0.39, 0.29) is 11.9 Å². The van der Waals surface area contributed by atoms with Crippen molar-refractivity contribution in [3.63, 3.8) is 0 Å². The third-order valence-electron chi connectivity index (χ3n) is 3.75. The number of urea groups is 1. The van der Waals surface area contributed by atoms with Gasteiger partial charge in [0.2, 0.25) is 0 Å². The maximum absolute atomic E-state index is 11.8. The molecule has 2 aromatic rings. The van der Waals surface area contributed by atoms with Gasteiger partial charge in [0.1, 0.15) is 0 Å². The van der Waals surface area contributed by atoms with E-state index in [2.05, 4.69) is 10.3 Å². The van der Waals surface area contributed by atoms with E-state index in [1.807, 2.05) is 37.3 Å². The van der Waals surface area contributed by atoms with Gasteiger partial charge in [0.15, 0.2) is 0 Å². The van der Waals surface area contributed by atoms with Crippen LogP contribution in [-0.4, -0.2) is 29.9 Å². The highest BCUT2D eigenvalue weighted by Gasteiger charge is 2.07. The molecule has 25 heavy (non-hydrogen) atoms. The summed E-state index contributed by atoms with van der Waals surface area (Å²) in [7, 11) is 0. The van der Waals surface area contributed by atoms with Gasteiger partial charge in [0.25, 0.3) is 5.91 Å². The topological polar surface area (TPSA) is 90.8 Å². The van der Waals surface area contributed by atoms with E-state index in [1.54, 1.807) is 36.0 Å². The molecule has 0 fully saturated rings. The maximum Gasteiger partial charge on any atom is 0.340 e. The van der Waals surface area contributed by atoms with E-state index in [9.17, 15) is 9.59 Å². The maximum atomic E-state index is 11.8. The fourth-order valence-corrected chi connectivity index (χ4v) is 2.27. The van der Waals surface area contributed by atoms with Crippen molar-refractivity contribution in [2.45, 2.75) is 19.3 Å². The lowest BCUT2D eigenvalue weighted by Crippen LogP contribution is -2.22. The molecule has 0 radical (unpaired) electrons.